The number of ether oxygens (including phenoxy) is 1. The zero-order valence-corrected chi connectivity index (χ0v) is 22.6. The van der Waals surface area contributed by atoms with E-state index in [0.29, 0.717) is 62.8 Å². The van der Waals surface area contributed by atoms with Gasteiger partial charge in [0.1, 0.15) is 16.0 Å². The van der Waals surface area contributed by atoms with E-state index in [1.165, 1.54) is 22.6 Å². The molecule has 2 aliphatic heterocycles. The topological polar surface area (TPSA) is 120 Å². The highest BCUT2D eigenvalue weighted by Gasteiger charge is 2.35. The summed E-state index contributed by atoms with van der Waals surface area (Å²) in [5, 5.41) is 17.4. The average Bonchev–Trinajstić information content (AvgIpc) is 3.30. The normalized spacial score (nSPS) is 16.3. The van der Waals surface area contributed by atoms with Crippen LogP contribution in [0.25, 0.3) is 10.2 Å². The molecule has 2 aromatic carbocycles. The number of carbonyl (C=O) groups is 2. The van der Waals surface area contributed by atoms with Crippen molar-refractivity contribution < 1.29 is 19.4 Å². The Bertz CT molecular complexity index is 1550. The third-order valence-electron chi connectivity index (χ3n) is 6.82. The van der Waals surface area contributed by atoms with Crippen LogP contribution in [0.3, 0.4) is 0 Å². The maximum absolute atomic E-state index is 13.3. The number of hydrogen-bond acceptors (Lipinski definition) is 8. The Labute approximate surface area is 233 Å². The molecule has 3 N–H and O–H groups in total. The Balaban J connectivity index is 1.25. The lowest BCUT2D eigenvalue weighted by Crippen LogP contribution is -2.38. The van der Waals surface area contributed by atoms with Gasteiger partial charge >= 0.3 is 6.03 Å². The molecule has 1 saturated heterocycles. The summed E-state index contributed by atoms with van der Waals surface area (Å²) in [7, 11) is 0. The van der Waals surface area contributed by atoms with Gasteiger partial charge < -0.3 is 20.5 Å². The van der Waals surface area contributed by atoms with Gasteiger partial charge in [-0.25, -0.2) is 19.7 Å². The molecule has 12 heteroatoms. The number of benzene rings is 2. The Kier molecular flexibility index (Phi) is 6.92. The number of nitrogens with one attached hydrogen (secondary N) is 2. The number of morpholine rings is 1. The standard InChI is InChI=1S/C27H25ClN6O4S/c1-15-3-2-4-18(28)22(15)34-24-20-21(32-27(34)37)23(39-26(20)30-14-29-24)25(36)31-17-7-5-16(6-8-17)19(35)13-33-9-11-38-12-10-33/h2-8,14,19,35H,9-13H2,1H3,(H,31,36)(H,32,37). The van der Waals surface area contributed by atoms with Gasteiger partial charge in [0, 0.05) is 25.3 Å². The predicted molar refractivity (Wildman–Crippen MR) is 151 cm³/mol. The van der Waals surface area contributed by atoms with Crippen LogP contribution in [0.2, 0.25) is 5.02 Å². The van der Waals surface area contributed by atoms with Gasteiger partial charge in [0.2, 0.25) is 0 Å². The molecule has 1 atom stereocenters. The number of aromatic nitrogens is 2. The van der Waals surface area contributed by atoms with Crippen molar-refractivity contribution in [1.29, 1.82) is 0 Å². The van der Waals surface area contributed by atoms with Crippen molar-refractivity contribution in [3.05, 3.63) is 69.8 Å². The maximum Gasteiger partial charge on any atom is 0.332 e. The predicted octanol–water partition coefficient (Wildman–Crippen LogP) is 4.95. The van der Waals surface area contributed by atoms with Crippen molar-refractivity contribution in [3.63, 3.8) is 0 Å². The SMILES string of the molecule is Cc1cccc(Cl)c1N1C(=O)Nc2c(C(=O)Nc3ccc(C(O)CN4CCOCC4)cc3)sc3ncnc1c23. The van der Waals surface area contributed by atoms with E-state index in [1.807, 2.05) is 19.1 Å². The molecule has 0 spiro atoms. The number of halogens is 1. The third-order valence-corrected chi connectivity index (χ3v) is 8.22. The fraction of sp³-hybridized carbons (Fsp3) is 0.259. The summed E-state index contributed by atoms with van der Waals surface area (Å²) < 4.78 is 5.36. The van der Waals surface area contributed by atoms with Crippen LogP contribution in [0.1, 0.15) is 26.9 Å². The van der Waals surface area contributed by atoms with Crippen LogP contribution in [0, 0.1) is 6.92 Å². The smallest absolute Gasteiger partial charge is 0.332 e. The van der Waals surface area contributed by atoms with Gasteiger partial charge in [-0.15, -0.1) is 11.3 Å². The number of thiophene rings is 1. The molecule has 39 heavy (non-hydrogen) atoms. The van der Waals surface area contributed by atoms with E-state index >= 15 is 0 Å². The maximum atomic E-state index is 13.3. The number of anilines is 4. The van der Waals surface area contributed by atoms with Crippen molar-refractivity contribution in [2.24, 2.45) is 0 Å². The lowest BCUT2D eigenvalue weighted by molar-refractivity contribution is 0.0143. The quantitative estimate of drug-likeness (QED) is 0.303. The summed E-state index contributed by atoms with van der Waals surface area (Å²) in [5.41, 5.74) is 3.02. The molecule has 4 aromatic rings. The number of carbonyl (C=O) groups excluding carboxylic acids is 2. The average molecular weight is 565 g/mol. The number of β-amino-alcohol motifs (C(OH)–C–C–N with tert-alkyl or cyclic N) is 1. The minimum atomic E-state index is -0.642. The van der Waals surface area contributed by atoms with Crippen molar-refractivity contribution in [2.45, 2.75) is 13.0 Å². The summed E-state index contributed by atoms with van der Waals surface area (Å²) in [6.45, 7) is 5.31. The van der Waals surface area contributed by atoms with E-state index in [0.717, 1.165) is 24.2 Å². The molecular weight excluding hydrogens is 540 g/mol. The van der Waals surface area contributed by atoms with E-state index in [4.69, 9.17) is 16.3 Å². The van der Waals surface area contributed by atoms with E-state index in [1.54, 1.807) is 30.3 Å². The van der Waals surface area contributed by atoms with Crippen LogP contribution in [0.4, 0.5) is 27.7 Å². The Morgan fingerprint density at radius 3 is 2.72 bits per heavy atom. The van der Waals surface area contributed by atoms with Crippen molar-refractivity contribution >= 4 is 68.0 Å². The zero-order valence-electron chi connectivity index (χ0n) is 21.0. The second-order valence-corrected chi connectivity index (χ2v) is 10.8. The third kappa shape index (κ3) is 4.83. The van der Waals surface area contributed by atoms with E-state index in [-0.39, 0.29) is 5.91 Å². The van der Waals surface area contributed by atoms with E-state index < -0.39 is 12.1 Å². The number of aliphatic hydroxyl groups is 1. The van der Waals surface area contributed by atoms with Crippen molar-refractivity contribution in [3.8, 4) is 0 Å². The monoisotopic (exact) mass is 564 g/mol. The highest BCUT2D eigenvalue weighted by Crippen LogP contribution is 2.46. The van der Waals surface area contributed by atoms with Crippen molar-refractivity contribution in [1.82, 2.24) is 14.9 Å². The molecule has 4 heterocycles. The summed E-state index contributed by atoms with van der Waals surface area (Å²) in [6.07, 6.45) is 0.732. The van der Waals surface area contributed by atoms with Gasteiger partial charge in [-0.1, -0.05) is 35.9 Å². The fourth-order valence-corrected chi connectivity index (χ4v) is 6.14. The van der Waals surface area contributed by atoms with Crippen LogP contribution in [0.5, 0.6) is 0 Å². The van der Waals surface area contributed by atoms with Crippen LogP contribution >= 0.6 is 22.9 Å². The molecule has 0 aliphatic carbocycles. The van der Waals surface area contributed by atoms with E-state index in [2.05, 4.69) is 25.5 Å². The number of rotatable bonds is 6. The summed E-state index contributed by atoms with van der Waals surface area (Å²) in [4.78, 5) is 39.9. The van der Waals surface area contributed by atoms with E-state index in [9.17, 15) is 14.7 Å². The Hall–Kier alpha value is -3.61. The molecule has 1 fully saturated rings. The fourth-order valence-electron chi connectivity index (χ4n) is 4.85. The molecule has 6 rings (SSSR count). The van der Waals surface area contributed by atoms with Gasteiger partial charge in [-0.2, -0.15) is 0 Å². The highest BCUT2D eigenvalue weighted by molar-refractivity contribution is 7.21. The van der Waals surface area contributed by atoms with Crippen LogP contribution < -0.4 is 15.5 Å². The first-order valence-corrected chi connectivity index (χ1v) is 13.6. The molecule has 0 radical (unpaired) electrons. The number of urea groups is 1. The molecule has 0 bridgehead atoms. The largest absolute Gasteiger partial charge is 0.387 e. The van der Waals surface area contributed by atoms with Gasteiger partial charge in [0.25, 0.3) is 5.91 Å². The first kappa shape index (κ1) is 25.7. The lowest BCUT2D eigenvalue weighted by Gasteiger charge is -2.29. The Morgan fingerprint density at radius 1 is 1.21 bits per heavy atom. The van der Waals surface area contributed by atoms with Crippen LogP contribution in [0.15, 0.2) is 48.8 Å². The number of aliphatic hydroxyl groups excluding tert-OH is 1. The summed E-state index contributed by atoms with van der Waals surface area (Å²) in [5.74, 6) is -0.0212. The number of aryl methyl sites for hydroxylation is 1. The van der Waals surface area contributed by atoms with Gasteiger partial charge in [0.15, 0.2) is 5.82 Å². The van der Waals surface area contributed by atoms with Gasteiger partial charge in [-0.05, 0) is 36.2 Å². The molecule has 3 amide bonds. The first-order valence-electron chi connectivity index (χ1n) is 12.4. The summed E-state index contributed by atoms with van der Waals surface area (Å²) >= 11 is 7.64. The van der Waals surface area contributed by atoms with Gasteiger partial charge in [-0.3, -0.25) is 9.69 Å². The highest BCUT2D eigenvalue weighted by atomic mass is 35.5. The number of hydrogen-bond donors (Lipinski definition) is 3. The molecule has 2 aliphatic rings. The molecule has 2 aromatic heterocycles. The molecular formula is C27H25ClN6O4S. The minimum absolute atomic E-state index is 0.312. The number of nitrogens with zero attached hydrogens (tertiary/aromatic N) is 4. The molecule has 0 saturated carbocycles. The molecule has 1 unspecified atom stereocenters. The van der Waals surface area contributed by atoms with Crippen LogP contribution in [-0.4, -0.2) is 64.8 Å². The van der Waals surface area contributed by atoms with Crippen LogP contribution in [-0.2, 0) is 4.74 Å². The molecule has 10 nitrogen and oxygen atoms in total. The van der Waals surface area contributed by atoms with Gasteiger partial charge in [0.05, 0.1) is 41.1 Å². The summed E-state index contributed by atoms with van der Waals surface area (Å²) in [6, 6.07) is 12.0. The lowest BCUT2D eigenvalue weighted by atomic mass is 10.1. The second-order valence-electron chi connectivity index (χ2n) is 9.36. The zero-order chi connectivity index (χ0) is 27.1. The molecule has 200 valence electrons. The Morgan fingerprint density at radius 2 is 1.97 bits per heavy atom. The first-order chi connectivity index (χ1) is 18.9. The second kappa shape index (κ2) is 10.5. The number of amides is 3. The number of para-hydroxylation sites is 1. The van der Waals surface area contributed by atoms with Crippen molar-refractivity contribution in [2.75, 3.05) is 48.4 Å². The minimum Gasteiger partial charge on any atom is -0.387 e.